The molecule has 0 saturated heterocycles. The Morgan fingerprint density at radius 2 is 1.88 bits per heavy atom. The standard InChI is InChI=1S/C20H26N2O3.ClH/c1-15-8-9-17(19(12-15)25-11-10-24-2)14-22-20(23)13-18(21)16-6-4-3-5-7-16;/h3-9,12,18H,10-11,13-14,21H2,1-2H3,(H,22,23);1H. The predicted molar refractivity (Wildman–Crippen MR) is 106 cm³/mol. The Morgan fingerprint density at radius 1 is 1.15 bits per heavy atom. The van der Waals surface area contributed by atoms with Gasteiger partial charge in [-0.15, -0.1) is 12.4 Å². The smallest absolute Gasteiger partial charge is 0.222 e. The maximum absolute atomic E-state index is 12.2. The molecule has 0 spiro atoms. The molecule has 5 nitrogen and oxygen atoms in total. The number of hydrogen-bond acceptors (Lipinski definition) is 4. The molecule has 1 atom stereocenters. The predicted octanol–water partition coefficient (Wildman–Crippen LogP) is 3.15. The van der Waals surface area contributed by atoms with Crippen molar-refractivity contribution < 1.29 is 14.3 Å². The number of aryl methyl sites for hydroxylation is 1. The molecule has 2 rings (SSSR count). The van der Waals surface area contributed by atoms with Crippen molar-refractivity contribution in [3.63, 3.8) is 0 Å². The molecule has 0 heterocycles. The molecule has 0 aliphatic carbocycles. The summed E-state index contributed by atoms with van der Waals surface area (Å²) in [5.74, 6) is 0.685. The number of carbonyl (C=O) groups excluding carboxylic acids is 1. The van der Waals surface area contributed by atoms with E-state index in [0.29, 0.717) is 19.8 Å². The molecule has 0 fully saturated rings. The fourth-order valence-electron chi connectivity index (χ4n) is 2.46. The Bertz CT molecular complexity index is 680. The fraction of sp³-hybridized carbons (Fsp3) is 0.350. The van der Waals surface area contributed by atoms with E-state index in [1.807, 2.05) is 55.5 Å². The lowest BCUT2D eigenvalue weighted by atomic mass is 10.0. The summed E-state index contributed by atoms with van der Waals surface area (Å²) in [7, 11) is 1.64. The zero-order valence-corrected chi connectivity index (χ0v) is 16.1. The molecule has 0 saturated carbocycles. The number of ether oxygens (including phenoxy) is 2. The van der Waals surface area contributed by atoms with E-state index >= 15 is 0 Å². The van der Waals surface area contributed by atoms with Crippen LogP contribution in [-0.2, 0) is 16.1 Å². The minimum atomic E-state index is -0.309. The minimum absolute atomic E-state index is 0. The number of carbonyl (C=O) groups is 1. The molecule has 26 heavy (non-hydrogen) atoms. The molecule has 1 unspecified atom stereocenters. The van der Waals surface area contributed by atoms with Gasteiger partial charge in [0.1, 0.15) is 12.4 Å². The van der Waals surface area contributed by atoms with Crippen molar-refractivity contribution in [2.45, 2.75) is 25.9 Å². The van der Waals surface area contributed by atoms with Gasteiger partial charge in [0.15, 0.2) is 0 Å². The summed E-state index contributed by atoms with van der Waals surface area (Å²) in [4.78, 5) is 12.2. The highest BCUT2D eigenvalue weighted by Gasteiger charge is 2.12. The Labute approximate surface area is 161 Å². The van der Waals surface area contributed by atoms with E-state index in [1.54, 1.807) is 7.11 Å². The maximum atomic E-state index is 12.2. The van der Waals surface area contributed by atoms with Crippen molar-refractivity contribution in [1.29, 1.82) is 0 Å². The summed E-state index contributed by atoms with van der Waals surface area (Å²) >= 11 is 0. The second-order valence-corrected chi connectivity index (χ2v) is 5.95. The molecule has 6 heteroatoms. The largest absolute Gasteiger partial charge is 0.491 e. The van der Waals surface area contributed by atoms with E-state index in [0.717, 1.165) is 22.4 Å². The van der Waals surface area contributed by atoms with Gasteiger partial charge >= 0.3 is 0 Å². The Hall–Kier alpha value is -2.08. The summed E-state index contributed by atoms with van der Waals surface area (Å²) < 4.78 is 10.7. The highest BCUT2D eigenvalue weighted by molar-refractivity contribution is 5.85. The van der Waals surface area contributed by atoms with Crippen molar-refractivity contribution in [1.82, 2.24) is 5.32 Å². The monoisotopic (exact) mass is 378 g/mol. The van der Waals surface area contributed by atoms with Crippen molar-refractivity contribution in [3.05, 3.63) is 65.2 Å². The van der Waals surface area contributed by atoms with Crippen LogP contribution in [0.1, 0.15) is 29.2 Å². The van der Waals surface area contributed by atoms with Crippen LogP contribution in [0.25, 0.3) is 0 Å². The molecule has 0 radical (unpaired) electrons. The number of benzene rings is 2. The van der Waals surface area contributed by atoms with Gasteiger partial charge in [-0.25, -0.2) is 0 Å². The maximum Gasteiger partial charge on any atom is 0.222 e. The van der Waals surface area contributed by atoms with Crippen LogP contribution in [0.2, 0.25) is 0 Å². The molecular weight excluding hydrogens is 352 g/mol. The lowest BCUT2D eigenvalue weighted by molar-refractivity contribution is -0.121. The quantitative estimate of drug-likeness (QED) is 0.657. The number of halogens is 1. The van der Waals surface area contributed by atoms with Gasteiger partial charge in [0.25, 0.3) is 0 Å². The van der Waals surface area contributed by atoms with E-state index in [-0.39, 0.29) is 30.8 Å². The second kappa shape index (κ2) is 11.5. The summed E-state index contributed by atoms with van der Waals surface area (Å²) in [6.07, 6.45) is 0.246. The molecule has 3 N–H and O–H groups in total. The van der Waals surface area contributed by atoms with Gasteiger partial charge in [-0.1, -0.05) is 42.5 Å². The van der Waals surface area contributed by atoms with Crippen LogP contribution < -0.4 is 15.8 Å². The van der Waals surface area contributed by atoms with Crippen LogP contribution in [0.15, 0.2) is 48.5 Å². The zero-order chi connectivity index (χ0) is 18.1. The third kappa shape index (κ3) is 7.04. The fourth-order valence-corrected chi connectivity index (χ4v) is 2.46. The number of nitrogens with two attached hydrogens (primary N) is 1. The molecule has 0 aliphatic rings. The molecule has 0 aromatic heterocycles. The Balaban J connectivity index is 0.00000338. The highest BCUT2D eigenvalue weighted by atomic mass is 35.5. The van der Waals surface area contributed by atoms with Gasteiger partial charge in [-0.2, -0.15) is 0 Å². The van der Waals surface area contributed by atoms with Crippen LogP contribution in [0.3, 0.4) is 0 Å². The molecular formula is C20H27ClN2O3. The second-order valence-electron chi connectivity index (χ2n) is 5.95. The molecule has 142 valence electrons. The van der Waals surface area contributed by atoms with E-state index in [4.69, 9.17) is 15.2 Å². The van der Waals surface area contributed by atoms with Crippen LogP contribution >= 0.6 is 12.4 Å². The normalized spacial score (nSPS) is 11.3. The first-order valence-corrected chi connectivity index (χ1v) is 8.38. The highest BCUT2D eigenvalue weighted by Crippen LogP contribution is 2.20. The summed E-state index contributed by atoms with van der Waals surface area (Å²) in [5.41, 5.74) is 9.09. The number of nitrogens with one attached hydrogen (secondary N) is 1. The molecule has 0 aliphatic heterocycles. The minimum Gasteiger partial charge on any atom is -0.491 e. The summed E-state index contributed by atoms with van der Waals surface area (Å²) in [6, 6.07) is 15.3. The molecule has 2 aromatic carbocycles. The summed E-state index contributed by atoms with van der Waals surface area (Å²) in [5, 5.41) is 2.92. The SMILES string of the molecule is COCCOc1cc(C)ccc1CNC(=O)CC(N)c1ccccc1.Cl. The van der Waals surface area contributed by atoms with E-state index in [2.05, 4.69) is 5.32 Å². The summed E-state index contributed by atoms with van der Waals surface area (Å²) in [6.45, 7) is 3.40. The number of hydrogen-bond donors (Lipinski definition) is 2. The average Bonchev–Trinajstić information content (AvgIpc) is 2.62. The van der Waals surface area contributed by atoms with Crippen molar-refractivity contribution in [2.75, 3.05) is 20.3 Å². The first kappa shape index (κ1) is 22.0. The van der Waals surface area contributed by atoms with Crippen LogP contribution in [-0.4, -0.2) is 26.2 Å². The van der Waals surface area contributed by atoms with Crippen LogP contribution in [0.5, 0.6) is 5.75 Å². The van der Waals surface area contributed by atoms with Gasteiger partial charge in [0.2, 0.25) is 5.91 Å². The van der Waals surface area contributed by atoms with Gasteiger partial charge in [0, 0.05) is 31.7 Å². The number of rotatable bonds is 9. The number of methoxy groups -OCH3 is 1. The molecule has 2 aromatic rings. The topological polar surface area (TPSA) is 73.6 Å². The Kier molecular flexibility index (Phi) is 9.73. The van der Waals surface area contributed by atoms with E-state index in [9.17, 15) is 4.79 Å². The molecule has 1 amide bonds. The first-order chi connectivity index (χ1) is 12.1. The van der Waals surface area contributed by atoms with Crippen molar-refractivity contribution >= 4 is 18.3 Å². The van der Waals surface area contributed by atoms with E-state index in [1.165, 1.54) is 0 Å². The van der Waals surface area contributed by atoms with Gasteiger partial charge < -0.3 is 20.5 Å². The third-order valence-electron chi connectivity index (χ3n) is 3.88. The van der Waals surface area contributed by atoms with Gasteiger partial charge in [-0.05, 0) is 24.1 Å². The van der Waals surface area contributed by atoms with Crippen LogP contribution in [0.4, 0.5) is 0 Å². The third-order valence-corrected chi connectivity index (χ3v) is 3.88. The van der Waals surface area contributed by atoms with Gasteiger partial charge in [0.05, 0.1) is 6.61 Å². The zero-order valence-electron chi connectivity index (χ0n) is 15.2. The molecule has 0 bridgehead atoms. The van der Waals surface area contributed by atoms with Gasteiger partial charge in [-0.3, -0.25) is 4.79 Å². The first-order valence-electron chi connectivity index (χ1n) is 8.38. The van der Waals surface area contributed by atoms with Crippen molar-refractivity contribution in [3.8, 4) is 5.75 Å². The Morgan fingerprint density at radius 3 is 2.58 bits per heavy atom. The average molecular weight is 379 g/mol. The van der Waals surface area contributed by atoms with Crippen molar-refractivity contribution in [2.24, 2.45) is 5.73 Å². The van der Waals surface area contributed by atoms with Crippen LogP contribution in [0, 0.1) is 6.92 Å². The number of amides is 1. The lowest BCUT2D eigenvalue weighted by Crippen LogP contribution is -2.27. The van der Waals surface area contributed by atoms with E-state index < -0.39 is 0 Å². The lowest BCUT2D eigenvalue weighted by Gasteiger charge is -2.15.